The Hall–Kier alpha value is -1.96. The van der Waals surface area contributed by atoms with Gasteiger partial charge in [0, 0.05) is 30.8 Å². The molecular weight excluding hydrogens is 350 g/mol. The molecule has 0 radical (unpaired) electrons. The number of hydrogen-bond donors (Lipinski definition) is 3. The number of benzene rings is 1. The number of pyridine rings is 1. The zero-order valence-electron chi connectivity index (χ0n) is 15.0. The van der Waals surface area contributed by atoms with Gasteiger partial charge in [-0.25, -0.2) is 0 Å². The van der Waals surface area contributed by atoms with Crippen LogP contribution in [0.15, 0.2) is 29.1 Å². The molecule has 0 unspecified atom stereocenters. The Morgan fingerprint density at radius 3 is 3.04 bits per heavy atom. The number of rotatable bonds is 6. The highest BCUT2D eigenvalue weighted by Crippen LogP contribution is 2.14. The number of aryl methyl sites for hydroxylation is 1. The smallest absolute Gasteiger partial charge is 0.253 e. The summed E-state index contributed by atoms with van der Waals surface area (Å²) in [4.78, 5) is 17.2. The Bertz CT molecular complexity index is 830. The van der Waals surface area contributed by atoms with Crippen LogP contribution in [0.5, 0.6) is 0 Å². The van der Waals surface area contributed by atoms with Gasteiger partial charge in [0.1, 0.15) is 0 Å². The first-order valence-corrected chi connectivity index (χ1v) is 9.35. The highest BCUT2D eigenvalue weighted by Gasteiger charge is 2.18. The predicted molar refractivity (Wildman–Crippen MR) is 106 cm³/mol. The van der Waals surface area contributed by atoms with Gasteiger partial charge in [-0.15, -0.1) is 0 Å². The molecule has 7 heteroatoms. The van der Waals surface area contributed by atoms with Crippen LogP contribution in [0.1, 0.15) is 24.0 Å². The third-order valence-corrected chi connectivity index (χ3v) is 5.00. The number of thiocarbonyl (C=S) groups is 1. The third kappa shape index (κ3) is 4.60. The van der Waals surface area contributed by atoms with E-state index in [1.807, 2.05) is 36.1 Å². The van der Waals surface area contributed by atoms with Gasteiger partial charge < -0.3 is 25.0 Å². The molecule has 0 spiro atoms. The molecule has 3 rings (SSSR count). The Labute approximate surface area is 158 Å². The number of H-pyrrole nitrogens is 1. The normalized spacial score (nSPS) is 16.8. The molecule has 0 bridgehead atoms. The largest absolute Gasteiger partial charge is 0.395 e. The topological polar surface area (TPSA) is 77.6 Å². The van der Waals surface area contributed by atoms with E-state index in [9.17, 15) is 9.90 Å². The van der Waals surface area contributed by atoms with Crippen LogP contribution in [0, 0.1) is 6.92 Å². The van der Waals surface area contributed by atoms with E-state index >= 15 is 0 Å². The highest BCUT2D eigenvalue weighted by atomic mass is 32.1. The van der Waals surface area contributed by atoms with Crippen molar-refractivity contribution < 1.29 is 9.84 Å². The first-order valence-electron chi connectivity index (χ1n) is 8.94. The number of aromatic amines is 1. The zero-order chi connectivity index (χ0) is 18.5. The number of aliphatic hydroxyl groups excluding tert-OH is 1. The Kier molecular flexibility index (Phi) is 6.24. The van der Waals surface area contributed by atoms with Crippen molar-refractivity contribution in [1.82, 2.24) is 15.2 Å². The Balaban J connectivity index is 1.74. The SMILES string of the molecule is Cc1ccc2[nH]c(=O)c(CN(CCO)C(=S)NC[C@H]3CCCO3)cc2c1. The monoisotopic (exact) mass is 375 g/mol. The Morgan fingerprint density at radius 1 is 1.46 bits per heavy atom. The fourth-order valence-corrected chi connectivity index (χ4v) is 3.42. The lowest BCUT2D eigenvalue weighted by atomic mass is 10.1. The molecule has 140 valence electrons. The quantitative estimate of drug-likeness (QED) is 0.667. The maximum absolute atomic E-state index is 12.4. The highest BCUT2D eigenvalue weighted by molar-refractivity contribution is 7.80. The summed E-state index contributed by atoms with van der Waals surface area (Å²) in [6.07, 6.45) is 2.28. The van der Waals surface area contributed by atoms with E-state index in [4.69, 9.17) is 17.0 Å². The van der Waals surface area contributed by atoms with Crippen LogP contribution in [0.2, 0.25) is 0 Å². The molecule has 1 aromatic heterocycles. The van der Waals surface area contributed by atoms with Crippen LogP contribution in [0.25, 0.3) is 10.9 Å². The molecule has 2 aromatic rings. The van der Waals surface area contributed by atoms with Gasteiger partial charge in [0.05, 0.1) is 19.3 Å². The first-order chi connectivity index (χ1) is 12.6. The lowest BCUT2D eigenvalue weighted by Gasteiger charge is -2.26. The molecule has 0 amide bonds. The molecule has 26 heavy (non-hydrogen) atoms. The van der Waals surface area contributed by atoms with E-state index in [2.05, 4.69) is 10.3 Å². The van der Waals surface area contributed by atoms with Crippen molar-refractivity contribution in [2.45, 2.75) is 32.4 Å². The summed E-state index contributed by atoms with van der Waals surface area (Å²) in [6.45, 7) is 4.14. The van der Waals surface area contributed by atoms with Gasteiger partial charge in [-0.2, -0.15) is 0 Å². The van der Waals surface area contributed by atoms with Gasteiger partial charge >= 0.3 is 0 Å². The van der Waals surface area contributed by atoms with Crippen molar-refractivity contribution in [1.29, 1.82) is 0 Å². The van der Waals surface area contributed by atoms with Crippen molar-refractivity contribution in [3.63, 3.8) is 0 Å². The Morgan fingerprint density at radius 2 is 2.31 bits per heavy atom. The molecule has 1 aliphatic rings. The average Bonchev–Trinajstić information content (AvgIpc) is 3.13. The van der Waals surface area contributed by atoms with Crippen molar-refractivity contribution >= 4 is 28.2 Å². The maximum Gasteiger partial charge on any atom is 0.253 e. The molecular formula is C19H25N3O3S. The number of hydrogen-bond acceptors (Lipinski definition) is 4. The van der Waals surface area contributed by atoms with Crippen LogP contribution in [-0.4, -0.2) is 52.5 Å². The van der Waals surface area contributed by atoms with Crippen LogP contribution in [-0.2, 0) is 11.3 Å². The van der Waals surface area contributed by atoms with E-state index in [1.165, 1.54) is 0 Å². The second kappa shape index (κ2) is 8.62. The van der Waals surface area contributed by atoms with Crippen LogP contribution >= 0.6 is 12.2 Å². The van der Waals surface area contributed by atoms with Crippen LogP contribution in [0.3, 0.4) is 0 Å². The zero-order valence-corrected chi connectivity index (χ0v) is 15.8. The van der Waals surface area contributed by atoms with Gasteiger partial charge in [-0.05, 0) is 55.6 Å². The van der Waals surface area contributed by atoms with Gasteiger partial charge in [0.25, 0.3) is 5.56 Å². The molecule has 2 heterocycles. The van der Waals surface area contributed by atoms with Gasteiger partial charge in [-0.1, -0.05) is 11.6 Å². The molecule has 1 atom stereocenters. The van der Waals surface area contributed by atoms with E-state index in [-0.39, 0.29) is 18.3 Å². The van der Waals surface area contributed by atoms with E-state index in [0.29, 0.717) is 30.3 Å². The summed E-state index contributed by atoms with van der Waals surface area (Å²) in [5.74, 6) is 0. The first kappa shape index (κ1) is 18.8. The molecule has 1 fully saturated rings. The number of nitrogens with zero attached hydrogens (tertiary/aromatic N) is 1. The summed E-state index contributed by atoms with van der Waals surface area (Å²) in [7, 11) is 0. The minimum Gasteiger partial charge on any atom is -0.395 e. The fourth-order valence-electron chi connectivity index (χ4n) is 3.19. The summed E-state index contributed by atoms with van der Waals surface area (Å²) in [5, 5.41) is 14.1. The molecule has 0 saturated carbocycles. The standard InChI is InChI=1S/C19H25N3O3S/c1-13-4-5-17-14(9-13)10-15(18(24)21-17)12-22(6-7-23)19(26)20-11-16-3-2-8-25-16/h4-5,9-10,16,23H,2-3,6-8,11-12H2,1H3,(H,20,26)(H,21,24)/t16-/m1/s1. The molecule has 6 nitrogen and oxygen atoms in total. The lowest BCUT2D eigenvalue weighted by molar-refractivity contribution is 0.113. The van der Waals surface area contributed by atoms with Gasteiger partial charge in [-0.3, -0.25) is 4.79 Å². The second-order valence-corrected chi connectivity index (χ2v) is 7.07. The minimum absolute atomic E-state index is 0.0354. The molecule has 1 aromatic carbocycles. The number of aliphatic hydroxyl groups is 1. The lowest BCUT2D eigenvalue weighted by Crippen LogP contribution is -2.44. The van der Waals surface area contributed by atoms with Crippen molar-refractivity contribution in [2.75, 3.05) is 26.3 Å². The third-order valence-electron chi connectivity index (χ3n) is 4.60. The van der Waals surface area contributed by atoms with Crippen molar-refractivity contribution in [3.05, 3.63) is 45.7 Å². The molecule has 1 saturated heterocycles. The fraction of sp³-hybridized carbons (Fsp3) is 0.474. The predicted octanol–water partition coefficient (Wildman–Crippen LogP) is 1.68. The number of aromatic nitrogens is 1. The van der Waals surface area contributed by atoms with Crippen molar-refractivity contribution in [3.8, 4) is 0 Å². The summed E-state index contributed by atoms with van der Waals surface area (Å²) in [6, 6.07) is 7.82. The summed E-state index contributed by atoms with van der Waals surface area (Å²) in [5.41, 5.74) is 2.44. The minimum atomic E-state index is -0.133. The molecule has 0 aliphatic carbocycles. The number of ether oxygens (including phenoxy) is 1. The second-order valence-electron chi connectivity index (χ2n) is 6.68. The van der Waals surface area contributed by atoms with E-state index in [0.717, 1.165) is 35.9 Å². The number of nitrogens with one attached hydrogen (secondary N) is 2. The summed E-state index contributed by atoms with van der Waals surface area (Å²) < 4.78 is 5.59. The molecule has 1 aliphatic heterocycles. The van der Waals surface area contributed by atoms with E-state index in [1.54, 1.807) is 0 Å². The average molecular weight is 375 g/mol. The van der Waals surface area contributed by atoms with Gasteiger partial charge in [0.15, 0.2) is 5.11 Å². The van der Waals surface area contributed by atoms with E-state index < -0.39 is 0 Å². The van der Waals surface area contributed by atoms with Crippen molar-refractivity contribution in [2.24, 2.45) is 0 Å². The van der Waals surface area contributed by atoms with Gasteiger partial charge in [0.2, 0.25) is 0 Å². The van der Waals surface area contributed by atoms with Crippen LogP contribution in [0.4, 0.5) is 0 Å². The summed E-state index contributed by atoms with van der Waals surface area (Å²) >= 11 is 5.47. The maximum atomic E-state index is 12.4. The molecule has 3 N–H and O–H groups in total. The number of fused-ring (bicyclic) bond motifs is 1. The van der Waals surface area contributed by atoms with Crippen LogP contribution < -0.4 is 10.9 Å².